The van der Waals surface area contributed by atoms with E-state index in [1.54, 1.807) is 0 Å². The van der Waals surface area contributed by atoms with Crippen LogP contribution in [0.15, 0.2) is 0 Å². The van der Waals surface area contributed by atoms with Gasteiger partial charge in [-0.3, -0.25) is 4.79 Å². The molecular formula is C8H13F5O9P2. The third-order valence-electron chi connectivity index (χ3n) is 2.54. The van der Waals surface area contributed by atoms with Crippen molar-refractivity contribution in [3.8, 4) is 0 Å². The Labute approximate surface area is 133 Å². The molecule has 0 aromatic rings. The van der Waals surface area contributed by atoms with E-state index in [-0.39, 0.29) is 0 Å². The first-order valence-electron chi connectivity index (χ1n) is 5.74. The van der Waals surface area contributed by atoms with Crippen molar-refractivity contribution in [1.82, 2.24) is 0 Å². The number of hydrogen-bond acceptors (Lipinski definition) is 9. The van der Waals surface area contributed by atoms with Gasteiger partial charge in [-0.1, -0.05) is 5.04 Å². The molecule has 4 N–H and O–H groups in total. The van der Waals surface area contributed by atoms with Gasteiger partial charge < -0.3 is 14.7 Å². The fourth-order valence-electron chi connectivity index (χ4n) is 1.39. The van der Waals surface area contributed by atoms with Crippen LogP contribution in [-0.2, 0) is 23.9 Å². The number of ether oxygens (including phenoxy) is 1. The van der Waals surface area contributed by atoms with Crippen LogP contribution in [0.1, 0.15) is 19.3 Å². The van der Waals surface area contributed by atoms with Gasteiger partial charge in [-0.25, -0.2) is 14.9 Å². The molecule has 0 aromatic heterocycles. The molecule has 24 heavy (non-hydrogen) atoms. The number of hydrogen-bond donors (Lipinski definition) is 4. The van der Waals surface area contributed by atoms with E-state index < -0.39 is 66.2 Å². The summed E-state index contributed by atoms with van der Waals surface area (Å²) in [6.45, 7) is -2.21. The van der Waals surface area contributed by atoms with Crippen molar-refractivity contribution in [2.45, 2.75) is 36.4 Å². The molecule has 0 saturated heterocycles. The maximum Gasteiger partial charge on any atom is 0.456 e. The molecule has 4 atom stereocenters. The summed E-state index contributed by atoms with van der Waals surface area (Å²) in [7, 11) is -4.33. The highest BCUT2D eigenvalue weighted by Crippen LogP contribution is 2.57. The minimum absolute atomic E-state index is 0.683. The van der Waals surface area contributed by atoms with E-state index in [1.807, 2.05) is 0 Å². The van der Waals surface area contributed by atoms with Crippen LogP contribution in [-0.4, -0.2) is 50.3 Å². The Kier molecular flexibility index (Phi) is 10.1. The lowest BCUT2D eigenvalue weighted by Crippen LogP contribution is -2.50. The summed E-state index contributed by atoms with van der Waals surface area (Å²) in [4.78, 5) is 20.6. The number of carbonyl (C=O) groups is 1. The van der Waals surface area contributed by atoms with Crippen LogP contribution in [0.4, 0.5) is 22.0 Å². The summed E-state index contributed by atoms with van der Waals surface area (Å²) in [5.41, 5.74) is 0. The van der Waals surface area contributed by atoms with E-state index in [2.05, 4.69) is 19.1 Å². The van der Waals surface area contributed by atoms with Crippen LogP contribution in [0.3, 0.4) is 0 Å². The van der Waals surface area contributed by atoms with E-state index in [1.165, 1.54) is 0 Å². The van der Waals surface area contributed by atoms with Gasteiger partial charge in [-0.15, -0.1) is 0 Å². The number of aliphatic hydroxyl groups is 1. The lowest BCUT2D eigenvalue weighted by atomic mass is 10.1. The first-order chi connectivity index (χ1) is 11.0. The van der Waals surface area contributed by atoms with Crippen LogP contribution in [0.5, 0.6) is 0 Å². The highest BCUT2D eigenvalue weighted by molar-refractivity contribution is 7.61. The van der Waals surface area contributed by atoms with Crippen LogP contribution in [0.2, 0.25) is 0 Å². The smallest absolute Gasteiger partial charge is 0.374 e. The van der Waals surface area contributed by atoms with E-state index in [4.69, 9.17) is 10.5 Å². The molecule has 0 aliphatic heterocycles. The largest absolute Gasteiger partial charge is 0.456 e. The van der Waals surface area contributed by atoms with Gasteiger partial charge in [0, 0.05) is 6.42 Å². The normalized spacial score (nSPS) is 19.2. The fourth-order valence-corrected chi connectivity index (χ4v) is 2.87. The fraction of sp³-hybridized carbons (Fsp3) is 0.875. The molecule has 0 saturated carbocycles. The van der Waals surface area contributed by atoms with Crippen molar-refractivity contribution < 1.29 is 66.4 Å². The Hall–Kier alpha value is -0.140. The average Bonchev–Trinajstić information content (AvgIpc) is 2.50. The zero-order valence-electron chi connectivity index (χ0n) is 11.5. The maximum atomic E-state index is 13.6. The summed E-state index contributed by atoms with van der Waals surface area (Å²) in [6, 6.07) is 0. The van der Waals surface area contributed by atoms with E-state index >= 15 is 0 Å². The second kappa shape index (κ2) is 10.1. The molecule has 0 amide bonds. The van der Waals surface area contributed by atoms with Gasteiger partial charge in [0.05, 0.1) is 0 Å². The number of halogens is 5. The molecule has 0 aliphatic rings. The van der Waals surface area contributed by atoms with Crippen molar-refractivity contribution in [2.75, 3.05) is 6.86 Å². The van der Waals surface area contributed by atoms with Crippen molar-refractivity contribution in [1.29, 1.82) is 0 Å². The minimum atomic E-state index is -5.83. The first-order valence-corrected chi connectivity index (χ1v) is 7.86. The summed E-state index contributed by atoms with van der Waals surface area (Å²) in [5.74, 6) is -7.05. The van der Waals surface area contributed by atoms with Gasteiger partial charge >= 0.3 is 12.0 Å². The monoisotopic (exact) mass is 410 g/mol. The van der Waals surface area contributed by atoms with Crippen LogP contribution in [0, 0.1) is 0 Å². The quantitative estimate of drug-likeness (QED) is 0.166. The molecule has 0 aliphatic carbocycles. The molecule has 4 unspecified atom stereocenters. The van der Waals surface area contributed by atoms with Gasteiger partial charge in [-0.05, 0) is 12.8 Å². The molecule has 0 spiro atoms. The Morgan fingerprint density at radius 3 is 2.21 bits per heavy atom. The van der Waals surface area contributed by atoms with Crippen LogP contribution >= 0.6 is 17.2 Å². The Morgan fingerprint density at radius 2 is 1.79 bits per heavy atom. The van der Waals surface area contributed by atoms with E-state index in [0.717, 1.165) is 0 Å². The number of rotatable bonds is 12. The third-order valence-corrected chi connectivity index (χ3v) is 5.14. The third kappa shape index (κ3) is 6.30. The van der Waals surface area contributed by atoms with E-state index in [0.29, 0.717) is 0 Å². The van der Waals surface area contributed by atoms with Crippen LogP contribution < -0.4 is 0 Å². The molecule has 144 valence electrons. The summed E-state index contributed by atoms with van der Waals surface area (Å²) < 4.78 is 73.5. The molecule has 0 bridgehead atoms. The highest BCUT2D eigenvalue weighted by Gasteiger charge is 2.63. The van der Waals surface area contributed by atoms with Crippen molar-refractivity contribution in [3.63, 3.8) is 0 Å². The van der Waals surface area contributed by atoms with Gasteiger partial charge in [-0.2, -0.15) is 26.9 Å². The highest BCUT2D eigenvalue weighted by atomic mass is 31.2. The number of carbonyl (C=O) groups excluding carboxylic acids is 1. The molecular weight excluding hydrogens is 397 g/mol. The predicted octanol–water partition coefficient (Wildman–Crippen LogP) is 2.35. The molecule has 0 heterocycles. The first kappa shape index (κ1) is 23.9. The summed E-state index contributed by atoms with van der Waals surface area (Å²) >= 11 is 0. The molecule has 0 rings (SSSR count). The predicted molar refractivity (Wildman–Crippen MR) is 66.7 cm³/mol. The second-order valence-corrected chi connectivity index (χ2v) is 7.12. The standard InChI is InChI=1S/C8H13F5O9P2/c9-4-19-7(10,8(11,12)13)5(14)2-1-3-6(15,23-22-20-16)24(18)21-17/h15-18,23H,1-4H2. The van der Waals surface area contributed by atoms with Crippen molar-refractivity contribution in [3.05, 3.63) is 0 Å². The average molecular weight is 410 g/mol. The van der Waals surface area contributed by atoms with Gasteiger partial charge in [0.1, 0.15) is 8.81 Å². The summed E-state index contributed by atoms with van der Waals surface area (Å²) in [5, 5.41) is 26.9. The van der Waals surface area contributed by atoms with Gasteiger partial charge in [0.25, 0.3) is 0 Å². The molecule has 16 heteroatoms. The van der Waals surface area contributed by atoms with Crippen LogP contribution in [0.25, 0.3) is 0 Å². The number of alkyl halides is 5. The zero-order valence-corrected chi connectivity index (χ0v) is 13.4. The summed E-state index contributed by atoms with van der Waals surface area (Å²) in [6.07, 6.45) is -8.44. The van der Waals surface area contributed by atoms with Gasteiger partial charge in [0.15, 0.2) is 11.9 Å². The lowest BCUT2D eigenvalue weighted by Gasteiger charge is -2.28. The SMILES string of the molecule is O=C(CCCC(O)(POOO)P(O)OO)C(F)(OCF)C(F)(F)F. The zero-order chi connectivity index (χ0) is 19.0. The Bertz CT molecular complexity index is 403. The molecule has 0 fully saturated rings. The Morgan fingerprint density at radius 1 is 1.21 bits per heavy atom. The number of Topliss-reactive ketones (excluding diaryl/α,β-unsaturated/α-hetero) is 1. The lowest BCUT2D eigenvalue weighted by molar-refractivity contribution is -0.436. The maximum absolute atomic E-state index is 13.6. The topological polar surface area (TPSA) is 135 Å². The van der Waals surface area contributed by atoms with Gasteiger partial charge in [0.2, 0.25) is 14.2 Å². The minimum Gasteiger partial charge on any atom is -0.374 e. The Balaban J connectivity index is 4.88. The second-order valence-electron chi connectivity index (χ2n) is 4.05. The van der Waals surface area contributed by atoms with E-state index in [9.17, 15) is 36.7 Å². The van der Waals surface area contributed by atoms with Crippen molar-refractivity contribution >= 4 is 23.0 Å². The molecule has 0 aromatic carbocycles. The number of ketones is 1. The molecule has 9 nitrogen and oxygen atoms in total. The van der Waals surface area contributed by atoms with Crippen molar-refractivity contribution in [2.24, 2.45) is 0 Å². The molecule has 0 radical (unpaired) electrons.